The molecule has 6 heteroatoms. The second-order valence-electron chi connectivity index (χ2n) is 5.36. The van der Waals surface area contributed by atoms with Gasteiger partial charge in [-0.3, -0.25) is 9.59 Å². The van der Waals surface area contributed by atoms with Crippen LogP contribution in [0.3, 0.4) is 0 Å². The fourth-order valence-corrected chi connectivity index (χ4v) is 3.27. The maximum Gasteiger partial charge on any atom is 0.306 e. The van der Waals surface area contributed by atoms with E-state index in [0.29, 0.717) is 13.0 Å². The lowest BCUT2D eigenvalue weighted by atomic mass is 9.79. The average molecular weight is 308 g/mol. The summed E-state index contributed by atoms with van der Waals surface area (Å²) in [6.45, 7) is 2.34. The third-order valence-corrected chi connectivity index (χ3v) is 4.60. The Morgan fingerprint density at radius 1 is 1.48 bits per heavy atom. The Labute approximate surface area is 128 Å². The zero-order valence-electron chi connectivity index (χ0n) is 12.0. The molecule has 0 aromatic carbocycles. The van der Waals surface area contributed by atoms with Crippen LogP contribution in [0.4, 0.5) is 0 Å². The number of nitrogens with zero attached hydrogens (tertiary/aromatic N) is 1. The number of rotatable bonds is 5. The molecule has 21 heavy (non-hydrogen) atoms. The summed E-state index contributed by atoms with van der Waals surface area (Å²) in [6, 6.07) is 0. The van der Waals surface area contributed by atoms with Crippen molar-refractivity contribution in [2.45, 2.75) is 32.6 Å². The highest BCUT2D eigenvalue weighted by atomic mass is 32.1. The molecule has 1 aliphatic rings. The molecule has 1 aromatic heterocycles. The molecule has 2 rings (SSSR count). The van der Waals surface area contributed by atoms with Gasteiger partial charge in [-0.2, -0.15) is 0 Å². The first-order valence-electron chi connectivity index (χ1n) is 7.17. The fourth-order valence-electron chi connectivity index (χ4n) is 2.69. The molecular formula is C15H20N2O3S. The molecule has 0 aliphatic heterocycles. The van der Waals surface area contributed by atoms with E-state index in [9.17, 15) is 14.7 Å². The van der Waals surface area contributed by atoms with Gasteiger partial charge in [0.05, 0.1) is 16.6 Å². The van der Waals surface area contributed by atoms with Crippen LogP contribution in [0.25, 0.3) is 6.08 Å². The van der Waals surface area contributed by atoms with Gasteiger partial charge in [0.25, 0.3) is 0 Å². The van der Waals surface area contributed by atoms with Gasteiger partial charge >= 0.3 is 5.97 Å². The normalized spacial score (nSPS) is 22.3. The van der Waals surface area contributed by atoms with E-state index < -0.39 is 5.97 Å². The zero-order chi connectivity index (χ0) is 15.2. The third-order valence-electron chi connectivity index (χ3n) is 3.81. The predicted octanol–water partition coefficient (Wildman–Crippen LogP) is 2.47. The lowest BCUT2D eigenvalue weighted by Crippen LogP contribution is -2.36. The number of carboxylic acids is 1. The van der Waals surface area contributed by atoms with E-state index in [1.165, 1.54) is 17.4 Å². The van der Waals surface area contributed by atoms with Crippen LogP contribution in [-0.4, -0.2) is 28.5 Å². The topological polar surface area (TPSA) is 79.3 Å². The van der Waals surface area contributed by atoms with Crippen molar-refractivity contribution in [3.05, 3.63) is 22.2 Å². The largest absolute Gasteiger partial charge is 0.481 e. The van der Waals surface area contributed by atoms with Gasteiger partial charge in [0.15, 0.2) is 0 Å². The van der Waals surface area contributed by atoms with Crippen molar-refractivity contribution in [1.82, 2.24) is 10.3 Å². The van der Waals surface area contributed by atoms with E-state index in [1.54, 1.807) is 6.08 Å². The Hall–Kier alpha value is -1.69. The summed E-state index contributed by atoms with van der Waals surface area (Å²) in [7, 11) is 0. The molecule has 1 heterocycles. The van der Waals surface area contributed by atoms with Crippen LogP contribution >= 0.6 is 11.3 Å². The average Bonchev–Trinajstić information content (AvgIpc) is 2.88. The first-order chi connectivity index (χ1) is 10.1. The van der Waals surface area contributed by atoms with Crippen LogP contribution < -0.4 is 5.32 Å². The monoisotopic (exact) mass is 308 g/mol. The second-order valence-corrected chi connectivity index (χ2v) is 6.42. The lowest BCUT2D eigenvalue weighted by molar-refractivity contribution is -0.145. The standard InChI is InChI=1S/C15H20N2O3S/c1-10-17-12(9-21-10)6-7-14(18)16-8-11-4-2-3-5-13(11)15(19)20/h6-7,9,11,13H,2-5,8H2,1H3,(H,16,18)(H,19,20). The minimum atomic E-state index is -0.748. The first-order valence-corrected chi connectivity index (χ1v) is 8.05. The SMILES string of the molecule is Cc1nc(C=CC(=O)NCC2CCCCC2C(=O)O)cs1. The molecule has 0 radical (unpaired) electrons. The predicted molar refractivity (Wildman–Crippen MR) is 82.0 cm³/mol. The molecule has 2 N–H and O–H groups in total. The van der Waals surface area contributed by atoms with Crippen molar-refractivity contribution in [1.29, 1.82) is 0 Å². The Morgan fingerprint density at radius 3 is 2.90 bits per heavy atom. The highest BCUT2D eigenvalue weighted by Gasteiger charge is 2.30. The Morgan fingerprint density at radius 2 is 2.24 bits per heavy atom. The zero-order valence-corrected chi connectivity index (χ0v) is 12.9. The number of carbonyl (C=O) groups is 2. The van der Waals surface area contributed by atoms with Crippen molar-refractivity contribution in [3.63, 3.8) is 0 Å². The number of aliphatic carboxylic acids is 1. The number of amides is 1. The first kappa shape index (κ1) is 15.7. The number of carboxylic acid groups (broad SMARTS) is 1. The van der Waals surface area contributed by atoms with E-state index in [2.05, 4.69) is 10.3 Å². The van der Waals surface area contributed by atoms with Crippen LogP contribution in [0.15, 0.2) is 11.5 Å². The van der Waals surface area contributed by atoms with Crippen LogP contribution in [0, 0.1) is 18.8 Å². The van der Waals surface area contributed by atoms with Gasteiger partial charge in [0.2, 0.25) is 5.91 Å². The van der Waals surface area contributed by atoms with Crippen LogP contribution in [-0.2, 0) is 9.59 Å². The van der Waals surface area contributed by atoms with Crippen molar-refractivity contribution in [2.75, 3.05) is 6.54 Å². The van der Waals surface area contributed by atoms with Crippen molar-refractivity contribution < 1.29 is 14.7 Å². The van der Waals surface area contributed by atoms with E-state index in [0.717, 1.165) is 30.0 Å². The van der Waals surface area contributed by atoms with E-state index in [1.807, 2.05) is 12.3 Å². The Bertz CT molecular complexity index is 539. The van der Waals surface area contributed by atoms with Gasteiger partial charge in [-0.15, -0.1) is 11.3 Å². The summed E-state index contributed by atoms with van der Waals surface area (Å²) in [6.07, 6.45) is 6.71. The maximum absolute atomic E-state index is 11.8. The molecule has 0 bridgehead atoms. The number of aryl methyl sites for hydroxylation is 1. The highest BCUT2D eigenvalue weighted by molar-refractivity contribution is 7.09. The Balaban J connectivity index is 1.82. The summed E-state index contributed by atoms with van der Waals surface area (Å²) in [5, 5.41) is 14.8. The Kier molecular flexibility index (Phi) is 5.50. The van der Waals surface area contributed by atoms with E-state index in [4.69, 9.17) is 0 Å². The van der Waals surface area contributed by atoms with Gasteiger partial charge in [0.1, 0.15) is 0 Å². The fraction of sp³-hybridized carbons (Fsp3) is 0.533. The van der Waals surface area contributed by atoms with E-state index in [-0.39, 0.29) is 17.7 Å². The number of hydrogen-bond donors (Lipinski definition) is 2. The van der Waals surface area contributed by atoms with Crippen LogP contribution in [0.1, 0.15) is 36.4 Å². The van der Waals surface area contributed by atoms with Gasteiger partial charge in [0, 0.05) is 18.0 Å². The maximum atomic E-state index is 11.8. The number of nitrogens with one attached hydrogen (secondary N) is 1. The van der Waals surface area contributed by atoms with Crippen LogP contribution in [0.5, 0.6) is 0 Å². The lowest BCUT2D eigenvalue weighted by Gasteiger charge is -2.28. The number of hydrogen-bond acceptors (Lipinski definition) is 4. The smallest absolute Gasteiger partial charge is 0.306 e. The molecule has 1 amide bonds. The quantitative estimate of drug-likeness (QED) is 0.819. The summed E-state index contributed by atoms with van der Waals surface area (Å²) in [5.74, 6) is -1.24. The van der Waals surface area contributed by atoms with Gasteiger partial charge in [-0.1, -0.05) is 12.8 Å². The van der Waals surface area contributed by atoms with Crippen molar-refractivity contribution in [2.24, 2.45) is 11.8 Å². The molecule has 0 spiro atoms. The highest BCUT2D eigenvalue weighted by Crippen LogP contribution is 2.29. The van der Waals surface area contributed by atoms with Gasteiger partial charge < -0.3 is 10.4 Å². The van der Waals surface area contributed by atoms with Crippen LogP contribution in [0.2, 0.25) is 0 Å². The minimum Gasteiger partial charge on any atom is -0.481 e. The number of thiazole rings is 1. The van der Waals surface area contributed by atoms with Crippen molar-refractivity contribution >= 4 is 29.3 Å². The molecule has 1 aliphatic carbocycles. The van der Waals surface area contributed by atoms with Gasteiger partial charge in [-0.25, -0.2) is 4.98 Å². The molecule has 2 atom stereocenters. The summed E-state index contributed by atoms with van der Waals surface area (Å²) in [4.78, 5) is 27.2. The van der Waals surface area contributed by atoms with E-state index >= 15 is 0 Å². The third kappa shape index (κ3) is 4.67. The molecule has 5 nitrogen and oxygen atoms in total. The number of aromatic nitrogens is 1. The summed E-state index contributed by atoms with van der Waals surface area (Å²) >= 11 is 1.54. The number of carbonyl (C=O) groups excluding carboxylic acids is 1. The molecule has 1 aromatic rings. The molecule has 1 saturated carbocycles. The molecule has 2 unspecified atom stereocenters. The van der Waals surface area contributed by atoms with Crippen molar-refractivity contribution in [3.8, 4) is 0 Å². The second kappa shape index (κ2) is 7.36. The summed E-state index contributed by atoms with van der Waals surface area (Å²) in [5.41, 5.74) is 0.772. The molecule has 1 fully saturated rings. The molecule has 114 valence electrons. The summed E-state index contributed by atoms with van der Waals surface area (Å²) < 4.78 is 0. The molecular weight excluding hydrogens is 288 g/mol. The van der Waals surface area contributed by atoms with Gasteiger partial charge in [-0.05, 0) is 31.8 Å². The molecule has 0 saturated heterocycles. The minimum absolute atomic E-state index is 0.0371.